The summed E-state index contributed by atoms with van der Waals surface area (Å²) in [5, 5.41) is 10.4. The number of rotatable bonds is 5. The number of para-hydroxylation sites is 1. The zero-order chi connectivity index (χ0) is 18.0. The lowest BCUT2D eigenvalue weighted by Gasteiger charge is -2.11. The molecule has 0 atom stereocenters. The molecule has 0 unspecified atom stereocenters. The molecule has 1 heterocycles. The molecule has 130 valence electrons. The van der Waals surface area contributed by atoms with Gasteiger partial charge < -0.3 is 5.32 Å². The number of anilines is 3. The van der Waals surface area contributed by atoms with Crippen molar-refractivity contribution in [2.75, 3.05) is 10.0 Å². The van der Waals surface area contributed by atoms with E-state index in [1.807, 2.05) is 18.2 Å². The summed E-state index contributed by atoms with van der Waals surface area (Å²) in [7, 11) is -3.70. The second kappa shape index (κ2) is 6.78. The molecule has 0 aliphatic carbocycles. The van der Waals surface area contributed by atoms with Crippen LogP contribution in [0.25, 0.3) is 0 Å². The summed E-state index contributed by atoms with van der Waals surface area (Å²) < 4.78 is 27.6. The molecule has 25 heavy (non-hydrogen) atoms. The van der Waals surface area contributed by atoms with Crippen LogP contribution in [0.2, 0.25) is 5.02 Å². The number of aromatic nitrogens is 2. The summed E-state index contributed by atoms with van der Waals surface area (Å²) in [6.45, 7) is 3.32. The first-order valence-electron chi connectivity index (χ1n) is 7.53. The maximum atomic E-state index is 12.5. The van der Waals surface area contributed by atoms with Crippen molar-refractivity contribution in [3.63, 3.8) is 0 Å². The lowest BCUT2D eigenvalue weighted by molar-refractivity contribution is 0.600. The predicted molar refractivity (Wildman–Crippen MR) is 100 cm³/mol. The predicted octanol–water partition coefficient (Wildman–Crippen LogP) is 4.22. The summed E-state index contributed by atoms with van der Waals surface area (Å²) in [6, 6.07) is 14.3. The summed E-state index contributed by atoms with van der Waals surface area (Å²) in [5.41, 5.74) is 2.97. The number of aryl methyl sites for hydroxylation is 2. The zero-order valence-electron chi connectivity index (χ0n) is 13.7. The Morgan fingerprint density at radius 1 is 1.00 bits per heavy atom. The quantitative estimate of drug-likeness (QED) is 0.622. The van der Waals surface area contributed by atoms with Crippen molar-refractivity contribution < 1.29 is 8.42 Å². The standard InChI is InChI=1S/C17H17ClN4O2S/c1-11-17(12(2)21-20-11)25(23,24)22-14-9-7-13(8-10-14)19-16-6-4-3-5-15(16)18/h3-10,19,22H,1-2H3,(H,20,21). The Morgan fingerprint density at radius 3 is 2.24 bits per heavy atom. The van der Waals surface area contributed by atoms with Crippen LogP contribution in [0.5, 0.6) is 0 Å². The van der Waals surface area contributed by atoms with Crippen LogP contribution < -0.4 is 10.0 Å². The monoisotopic (exact) mass is 376 g/mol. The first-order chi connectivity index (χ1) is 11.9. The average molecular weight is 377 g/mol. The average Bonchev–Trinajstić information content (AvgIpc) is 2.91. The number of nitrogens with zero attached hydrogens (tertiary/aromatic N) is 1. The lowest BCUT2D eigenvalue weighted by Crippen LogP contribution is -2.14. The van der Waals surface area contributed by atoms with Crippen molar-refractivity contribution in [1.29, 1.82) is 0 Å². The van der Waals surface area contributed by atoms with Crippen molar-refractivity contribution in [2.24, 2.45) is 0 Å². The van der Waals surface area contributed by atoms with Gasteiger partial charge in [0.2, 0.25) is 0 Å². The van der Waals surface area contributed by atoms with Crippen LogP contribution in [0.1, 0.15) is 11.4 Å². The molecule has 3 aromatic rings. The lowest BCUT2D eigenvalue weighted by atomic mass is 10.2. The maximum Gasteiger partial charge on any atom is 0.265 e. The molecule has 3 rings (SSSR count). The van der Waals surface area contributed by atoms with Crippen molar-refractivity contribution in [3.05, 3.63) is 64.9 Å². The number of sulfonamides is 1. The van der Waals surface area contributed by atoms with E-state index in [0.29, 0.717) is 22.1 Å². The first-order valence-corrected chi connectivity index (χ1v) is 9.39. The molecule has 0 saturated heterocycles. The van der Waals surface area contributed by atoms with Gasteiger partial charge >= 0.3 is 0 Å². The van der Waals surface area contributed by atoms with Gasteiger partial charge in [-0.15, -0.1) is 0 Å². The smallest absolute Gasteiger partial charge is 0.265 e. The topological polar surface area (TPSA) is 86.9 Å². The number of hydrogen-bond donors (Lipinski definition) is 3. The van der Waals surface area contributed by atoms with E-state index in [2.05, 4.69) is 20.2 Å². The Labute approximate surface area is 151 Å². The molecule has 0 fully saturated rings. The first kappa shape index (κ1) is 17.3. The number of nitrogens with one attached hydrogen (secondary N) is 3. The SMILES string of the molecule is Cc1n[nH]c(C)c1S(=O)(=O)Nc1ccc(Nc2ccccc2Cl)cc1. The van der Waals surface area contributed by atoms with Gasteiger partial charge in [-0.3, -0.25) is 9.82 Å². The largest absolute Gasteiger partial charge is 0.354 e. The van der Waals surface area contributed by atoms with Gasteiger partial charge in [0.1, 0.15) is 4.90 Å². The molecule has 0 radical (unpaired) electrons. The van der Waals surface area contributed by atoms with Crippen LogP contribution >= 0.6 is 11.6 Å². The highest BCUT2D eigenvalue weighted by Crippen LogP contribution is 2.26. The Bertz CT molecular complexity index is 978. The molecule has 0 aliphatic rings. The molecule has 1 aromatic heterocycles. The van der Waals surface area contributed by atoms with E-state index in [9.17, 15) is 8.42 Å². The van der Waals surface area contributed by atoms with E-state index >= 15 is 0 Å². The number of hydrogen-bond acceptors (Lipinski definition) is 4. The van der Waals surface area contributed by atoms with Gasteiger partial charge in [-0.05, 0) is 50.2 Å². The zero-order valence-corrected chi connectivity index (χ0v) is 15.2. The summed E-state index contributed by atoms with van der Waals surface area (Å²) in [5.74, 6) is 0. The van der Waals surface area contributed by atoms with E-state index < -0.39 is 10.0 Å². The fourth-order valence-electron chi connectivity index (χ4n) is 2.48. The highest BCUT2D eigenvalue weighted by atomic mass is 35.5. The fourth-order valence-corrected chi connectivity index (χ4v) is 4.10. The third-order valence-electron chi connectivity index (χ3n) is 3.62. The molecule has 2 aromatic carbocycles. The molecule has 0 spiro atoms. The minimum atomic E-state index is -3.70. The van der Waals surface area contributed by atoms with Crippen molar-refractivity contribution in [3.8, 4) is 0 Å². The Balaban J connectivity index is 1.78. The summed E-state index contributed by atoms with van der Waals surface area (Å²) >= 11 is 6.12. The van der Waals surface area contributed by atoms with E-state index in [-0.39, 0.29) is 4.90 Å². The Morgan fingerprint density at radius 2 is 1.64 bits per heavy atom. The molecule has 3 N–H and O–H groups in total. The number of aromatic amines is 1. The second-order valence-electron chi connectivity index (χ2n) is 5.55. The Kier molecular flexibility index (Phi) is 4.69. The summed E-state index contributed by atoms with van der Waals surface area (Å²) in [4.78, 5) is 0.172. The molecule has 6 nitrogen and oxygen atoms in total. The van der Waals surface area contributed by atoms with E-state index in [0.717, 1.165) is 11.4 Å². The normalized spacial score (nSPS) is 11.3. The molecule has 8 heteroatoms. The van der Waals surface area contributed by atoms with Gasteiger partial charge in [0.25, 0.3) is 10.0 Å². The van der Waals surface area contributed by atoms with Crippen molar-refractivity contribution in [2.45, 2.75) is 18.7 Å². The van der Waals surface area contributed by atoms with E-state index in [1.165, 1.54) is 0 Å². The molecular weight excluding hydrogens is 360 g/mol. The third-order valence-corrected chi connectivity index (χ3v) is 5.59. The molecule has 0 bridgehead atoms. The van der Waals surface area contributed by atoms with Gasteiger partial charge in [0.15, 0.2) is 0 Å². The van der Waals surface area contributed by atoms with Gasteiger partial charge in [0.05, 0.1) is 22.1 Å². The molecule has 0 saturated carbocycles. The summed E-state index contributed by atoms with van der Waals surface area (Å²) in [6.07, 6.45) is 0. The molecule has 0 amide bonds. The second-order valence-corrected chi connectivity index (χ2v) is 7.58. The van der Waals surface area contributed by atoms with Crippen LogP contribution in [0.3, 0.4) is 0 Å². The fraction of sp³-hybridized carbons (Fsp3) is 0.118. The maximum absolute atomic E-state index is 12.5. The number of benzene rings is 2. The highest BCUT2D eigenvalue weighted by Gasteiger charge is 2.22. The third kappa shape index (κ3) is 3.78. The van der Waals surface area contributed by atoms with Crippen LogP contribution in [0.15, 0.2) is 53.4 Å². The van der Waals surface area contributed by atoms with Gasteiger partial charge in [-0.1, -0.05) is 23.7 Å². The van der Waals surface area contributed by atoms with Crippen LogP contribution in [0.4, 0.5) is 17.1 Å². The van der Waals surface area contributed by atoms with Crippen LogP contribution in [-0.2, 0) is 10.0 Å². The minimum absolute atomic E-state index is 0.172. The molecule has 0 aliphatic heterocycles. The van der Waals surface area contributed by atoms with Crippen LogP contribution in [0, 0.1) is 13.8 Å². The number of H-pyrrole nitrogens is 1. The van der Waals surface area contributed by atoms with Gasteiger partial charge in [0, 0.05) is 11.4 Å². The minimum Gasteiger partial charge on any atom is -0.354 e. The van der Waals surface area contributed by atoms with Gasteiger partial charge in [-0.2, -0.15) is 5.10 Å². The van der Waals surface area contributed by atoms with Crippen molar-refractivity contribution >= 4 is 38.7 Å². The number of halogens is 1. The molecular formula is C17H17ClN4O2S. The van der Waals surface area contributed by atoms with Crippen LogP contribution in [-0.4, -0.2) is 18.6 Å². The Hall–Kier alpha value is -2.51. The van der Waals surface area contributed by atoms with Crippen molar-refractivity contribution in [1.82, 2.24) is 10.2 Å². The van der Waals surface area contributed by atoms with E-state index in [4.69, 9.17) is 11.6 Å². The highest BCUT2D eigenvalue weighted by molar-refractivity contribution is 7.92. The van der Waals surface area contributed by atoms with Gasteiger partial charge in [-0.25, -0.2) is 8.42 Å². The van der Waals surface area contributed by atoms with E-state index in [1.54, 1.807) is 44.2 Å².